The number of hydrogen-bond donors (Lipinski definition) is 0. The van der Waals surface area contributed by atoms with Crippen LogP contribution in [0, 0.1) is 13.8 Å². The molecule has 2 heterocycles. The van der Waals surface area contributed by atoms with Crippen LogP contribution in [-0.4, -0.2) is 6.71 Å². The van der Waals surface area contributed by atoms with E-state index in [-0.39, 0.29) is 39.2 Å². The summed E-state index contributed by atoms with van der Waals surface area (Å²) < 4.78 is 0. The molecule has 0 unspecified atom stereocenters. The van der Waals surface area contributed by atoms with Crippen LogP contribution in [0.2, 0.25) is 0 Å². The lowest BCUT2D eigenvalue weighted by Crippen LogP contribution is -2.61. The Morgan fingerprint density at radius 2 is 0.974 bits per heavy atom. The Labute approximate surface area is 455 Å². The van der Waals surface area contributed by atoms with E-state index >= 15 is 0 Å². The SMILES string of the molecule is Cc1cc2c3c(c1)N(c1ccc(C(C)(C)C)c4c1-c1ccccc1C4(C)C)c1cc(N(c4ccccc4)c4ccccc4)ccc1B3c1cc3c(cc1N2c1cc2c(cc1C)C(C)(C)CCC2(C)C)C(C)(C)CC3(C)C. The van der Waals surface area contributed by atoms with Gasteiger partial charge in [0.25, 0.3) is 6.71 Å². The molecule has 0 saturated carbocycles. The number of benzene rings is 8. The number of fused-ring (bicyclic) bond motifs is 9. The summed E-state index contributed by atoms with van der Waals surface area (Å²) in [6.45, 7) is 36.6. The maximum atomic E-state index is 2.74. The highest BCUT2D eigenvalue weighted by Gasteiger charge is 2.50. The van der Waals surface area contributed by atoms with Crippen molar-refractivity contribution in [3.05, 3.63) is 202 Å². The normalized spacial score (nSPS) is 18.2. The first-order valence-electron chi connectivity index (χ1n) is 28.3. The van der Waals surface area contributed by atoms with Crippen molar-refractivity contribution in [2.45, 2.75) is 156 Å². The summed E-state index contributed by atoms with van der Waals surface area (Å²) in [5, 5.41) is 0. The summed E-state index contributed by atoms with van der Waals surface area (Å²) in [6.07, 6.45) is 3.47. The summed E-state index contributed by atoms with van der Waals surface area (Å²) in [5.41, 5.74) is 30.6. The Hall–Kier alpha value is -6.78. The molecule has 3 aliphatic carbocycles. The summed E-state index contributed by atoms with van der Waals surface area (Å²) >= 11 is 0. The molecule has 13 rings (SSSR count). The first-order valence-corrected chi connectivity index (χ1v) is 28.3. The predicted molar refractivity (Wildman–Crippen MR) is 327 cm³/mol. The first kappa shape index (κ1) is 48.8. The highest BCUT2D eigenvalue weighted by molar-refractivity contribution is 7.00. The van der Waals surface area contributed by atoms with E-state index in [0.29, 0.717) is 0 Å². The Kier molecular flexibility index (Phi) is 10.4. The van der Waals surface area contributed by atoms with Gasteiger partial charge in [-0.1, -0.05) is 175 Å². The molecule has 0 atom stereocenters. The number of aryl methyl sites for hydroxylation is 2. The van der Waals surface area contributed by atoms with Gasteiger partial charge in [-0.15, -0.1) is 0 Å². The molecule has 4 heteroatoms. The Bertz CT molecular complexity index is 3690. The van der Waals surface area contributed by atoms with Gasteiger partial charge in [0.15, 0.2) is 0 Å². The van der Waals surface area contributed by atoms with E-state index in [9.17, 15) is 0 Å². The van der Waals surface area contributed by atoms with Crippen LogP contribution in [0.25, 0.3) is 11.1 Å². The van der Waals surface area contributed by atoms with Crippen molar-refractivity contribution in [1.82, 2.24) is 0 Å². The third-order valence-corrected chi connectivity index (χ3v) is 19.1. The lowest BCUT2D eigenvalue weighted by Gasteiger charge is -2.47. The Balaban J connectivity index is 1.17. The lowest BCUT2D eigenvalue weighted by atomic mass is 9.33. The summed E-state index contributed by atoms with van der Waals surface area (Å²) in [7, 11) is 0. The smallest absolute Gasteiger partial charge is 0.252 e. The zero-order valence-electron chi connectivity index (χ0n) is 48.0. The highest BCUT2D eigenvalue weighted by atomic mass is 15.2. The molecule has 2 aliphatic heterocycles. The number of anilines is 9. The van der Waals surface area contributed by atoms with Gasteiger partial charge in [-0.2, -0.15) is 0 Å². The quantitative estimate of drug-likeness (QED) is 0.159. The summed E-state index contributed by atoms with van der Waals surface area (Å²) in [5.74, 6) is 0. The molecule has 0 aromatic heterocycles. The zero-order valence-corrected chi connectivity index (χ0v) is 48.0. The molecule has 76 heavy (non-hydrogen) atoms. The first-order chi connectivity index (χ1) is 35.9. The fraction of sp³-hybridized carbons (Fsp3) is 0.333. The Morgan fingerprint density at radius 1 is 0.447 bits per heavy atom. The van der Waals surface area contributed by atoms with E-state index < -0.39 is 0 Å². The molecule has 0 radical (unpaired) electrons. The van der Waals surface area contributed by atoms with Crippen LogP contribution >= 0.6 is 0 Å². The summed E-state index contributed by atoms with van der Waals surface area (Å²) in [4.78, 5) is 7.90. The minimum atomic E-state index is -0.208. The molecule has 0 fully saturated rings. The molecular formula is C72H76BN3. The van der Waals surface area contributed by atoms with Crippen LogP contribution < -0.4 is 31.1 Å². The number of nitrogens with zero attached hydrogens (tertiary/aromatic N) is 3. The van der Waals surface area contributed by atoms with Crippen LogP contribution in [-0.2, 0) is 32.5 Å². The fourth-order valence-corrected chi connectivity index (χ4v) is 15.5. The van der Waals surface area contributed by atoms with Crippen molar-refractivity contribution < 1.29 is 0 Å². The van der Waals surface area contributed by atoms with E-state index in [2.05, 4.69) is 270 Å². The van der Waals surface area contributed by atoms with Crippen LogP contribution in [0.3, 0.4) is 0 Å². The van der Waals surface area contributed by atoms with Crippen LogP contribution in [0.15, 0.2) is 152 Å². The fourth-order valence-electron chi connectivity index (χ4n) is 15.5. The molecule has 0 saturated heterocycles. The molecule has 0 N–H and O–H groups in total. The van der Waals surface area contributed by atoms with Crippen LogP contribution in [0.4, 0.5) is 51.2 Å². The molecule has 0 amide bonds. The van der Waals surface area contributed by atoms with Gasteiger partial charge in [-0.25, -0.2) is 0 Å². The molecule has 0 bridgehead atoms. The van der Waals surface area contributed by atoms with Crippen molar-refractivity contribution in [2.75, 3.05) is 14.7 Å². The Morgan fingerprint density at radius 3 is 1.59 bits per heavy atom. The third-order valence-electron chi connectivity index (χ3n) is 19.1. The number of rotatable bonds is 5. The number of para-hydroxylation sites is 2. The van der Waals surface area contributed by atoms with Gasteiger partial charge in [0.05, 0.1) is 5.69 Å². The van der Waals surface area contributed by atoms with E-state index in [0.717, 1.165) is 23.5 Å². The van der Waals surface area contributed by atoms with E-state index in [4.69, 9.17) is 0 Å². The van der Waals surface area contributed by atoms with E-state index in [1.807, 2.05) is 0 Å². The van der Waals surface area contributed by atoms with Crippen molar-refractivity contribution in [2.24, 2.45) is 0 Å². The van der Waals surface area contributed by atoms with Gasteiger partial charge in [0, 0.05) is 56.5 Å². The second kappa shape index (κ2) is 16.1. The monoisotopic (exact) mass is 994 g/mol. The second-order valence-electron chi connectivity index (χ2n) is 27.7. The van der Waals surface area contributed by atoms with Gasteiger partial charge in [-0.3, -0.25) is 0 Å². The average molecular weight is 994 g/mol. The lowest BCUT2D eigenvalue weighted by molar-refractivity contribution is 0.332. The zero-order chi connectivity index (χ0) is 53.4. The van der Waals surface area contributed by atoms with Gasteiger partial charge < -0.3 is 14.7 Å². The third kappa shape index (κ3) is 7.00. The van der Waals surface area contributed by atoms with Gasteiger partial charge in [0.1, 0.15) is 0 Å². The van der Waals surface area contributed by atoms with E-state index in [1.54, 1.807) is 0 Å². The number of hydrogen-bond acceptors (Lipinski definition) is 3. The van der Waals surface area contributed by atoms with Crippen LogP contribution in [0.1, 0.15) is 159 Å². The van der Waals surface area contributed by atoms with Crippen molar-refractivity contribution >= 4 is 74.3 Å². The van der Waals surface area contributed by atoms with Crippen molar-refractivity contribution in [1.29, 1.82) is 0 Å². The molecule has 0 spiro atoms. The minimum absolute atomic E-state index is 0.0151. The second-order valence-corrected chi connectivity index (χ2v) is 27.7. The van der Waals surface area contributed by atoms with Gasteiger partial charge in [-0.05, 0) is 199 Å². The van der Waals surface area contributed by atoms with E-state index in [1.165, 1.54) is 125 Å². The maximum absolute atomic E-state index is 2.74. The van der Waals surface area contributed by atoms with Crippen molar-refractivity contribution in [3.8, 4) is 11.1 Å². The molecule has 8 aromatic rings. The molecule has 382 valence electrons. The molecule has 8 aromatic carbocycles. The molecular weight excluding hydrogens is 918 g/mol. The summed E-state index contributed by atoms with van der Waals surface area (Å²) in [6, 6.07) is 59.1. The van der Waals surface area contributed by atoms with Gasteiger partial charge >= 0.3 is 0 Å². The largest absolute Gasteiger partial charge is 0.311 e. The van der Waals surface area contributed by atoms with Gasteiger partial charge in [0.2, 0.25) is 0 Å². The minimum Gasteiger partial charge on any atom is -0.311 e. The van der Waals surface area contributed by atoms with Crippen LogP contribution in [0.5, 0.6) is 0 Å². The maximum Gasteiger partial charge on any atom is 0.252 e. The predicted octanol–water partition coefficient (Wildman–Crippen LogP) is 17.8. The standard InChI is InChI=1S/C72H76BN3/c1-44-36-62-66-63(37-44)76(59-41-54-52(38-45(59)2)68(6,7)34-35-69(54,8)9)61-42-55-53(70(10,11)43-71(55,12)13)40-57(61)73(66)56-32-30-48(74(46-24-18-16-19-25-46)47-26-20-17-21-27-47)39-60(56)75(62)58-33-31-51(67(3,4)5)65-64(58)49-28-22-23-29-50(49)72(65,14)15/h16-33,36-42H,34-35,43H2,1-15H3. The highest BCUT2D eigenvalue weighted by Crippen LogP contribution is 2.59. The topological polar surface area (TPSA) is 9.72 Å². The molecule has 5 aliphatic rings. The van der Waals surface area contributed by atoms with Crippen molar-refractivity contribution in [3.63, 3.8) is 0 Å². The molecule has 3 nitrogen and oxygen atoms in total. The average Bonchev–Trinajstić information content (AvgIpc) is 3.81.